The fourth-order valence-electron chi connectivity index (χ4n) is 3.35. The first kappa shape index (κ1) is 21.0. The second kappa shape index (κ2) is 8.85. The minimum Gasteiger partial charge on any atom is -0.496 e. The Bertz CT molecular complexity index is 1350. The predicted octanol–water partition coefficient (Wildman–Crippen LogP) is 4.71. The summed E-state index contributed by atoms with van der Waals surface area (Å²) in [6.07, 6.45) is 1.37. The Morgan fingerprint density at radius 2 is 1.56 bits per heavy atom. The Labute approximate surface area is 183 Å². The number of carbonyl (C=O) groups is 1. The molecule has 0 radical (unpaired) electrons. The van der Waals surface area contributed by atoms with E-state index >= 15 is 0 Å². The van der Waals surface area contributed by atoms with Gasteiger partial charge in [-0.1, -0.05) is 18.2 Å². The summed E-state index contributed by atoms with van der Waals surface area (Å²) in [5, 5.41) is 0.356. The summed E-state index contributed by atoms with van der Waals surface area (Å²) >= 11 is 0. The molecule has 0 atom stereocenters. The molecule has 0 aliphatic carbocycles. The highest BCUT2D eigenvalue weighted by Gasteiger charge is 2.16. The van der Waals surface area contributed by atoms with Crippen LogP contribution in [0.2, 0.25) is 0 Å². The summed E-state index contributed by atoms with van der Waals surface area (Å²) in [5.74, 6) is 1.14. The highest BCUT2D eigenvalue weighted by molar-refractivity contribution is 5.94. The first-order valence-electron chi connectivity index (χ1n) is 9.69. The summed E-state index contributed by atoms with van der Waals surface area (Å²) in [4.78, 5) is 25.6. The van der Waals surface area contributed by atoms with Crippen LogP contribution in [0.25, 0.3) is 22.1 Å². The molecule has 32 heavy (non-hydrogen) atoms. The molecule has 0 spiro atoms. The molecule has 1 aromatic heterocycles. The largest absolute Gasteiger partial charge is 0.496 e. The van der Waals surface area contributed by atoms with Gasteiger partial charge in [0, 0.05) is 6.07 Å². The molecule has 0 saturated heterocycles. The minimum absolute atomic E-state index is 0.221. The molecule has 3 aromatic carbocycles. The van der Waals surface area contributed by atoms with Crippen molar-refractivity contribution >= 4 is 16.9 Å². The number of methoxy groups -OCH3 is 3. The SMILES string of the molecule is COc1ccc(-c2coc3cc(OC(=O)c4ccccc4OC)ccc3c2=O)cc1OC. The van der Waals surface area contributed by atoms with Crippen LogP contribution in [-0.4, -0.2) is 27.3 Å². The molecule has 0 N–H and O–H groups in total. The maximum absolute atomic E-state index is 13.1. The van der Waals surface area contributed by atoms with Crippen LogP contribution in [0.3, 0.4) is 0 Å². The summed E-state index contributed by atoms with van der Waals surface area (Å²) < 4.78 is 26.9. The van der Waals surface area contributed by atoms with Gasteiger partial charge in [0.2, 0.25) is 0 Å². The first-order valence-corrected chi connectivity index (χ1v) is 9.69. The lowest BCUT2D eigenvalue weighted by Gasteiger charge is -2.10. The molecule has 162 valence electrons. The van der Waals surface area contributed by atoms with Crippen molar-refractivity contribution in [2.24, 2.45) is 0 Å². The van der Waals surface area contributed by atoms with Gasteiger partial charge >= 0.3 is 5.97 Å². The molecule has 1 heterocycles. The molecule has 0 aliphatic rings. The van der Waals surface area contributed by atoms with Crippen molar-refractivity contribution in [3.63, 3.8) is 0 Å². The maximum atomic E-state index is 13.1. The van der Waals surface area contributed by atoms with E-state index in [9.17, 15) is 9.59 Å². The van der Waals surface area contributed by atoms with E-state index in [0.717, 1.165) is 0 Å². The lowest BCUT2D eigenvalue weighted by atomic mass is 10.0. The number of fused-ring (bicyclic) bond motifs is 1. The monoisotopic (exact) mass is 432 g/mol. The van der Waals surface area contributed by atoms with Crippen LogP contribution in [0.15, 0.2) is 76.1 Å². The van der Waals surface area contributed by atoms with E-state index in [4.69, 9.17) is 23.4 Å². The normalized spacial score (nSPS) is 10.6. The summed E-state index contributed by atoms with van der Waals surface area (Å²) in [5.41, 5.74) is 1.37. The number of carbonyl (C=O) groups excluding carboxylic acids is 1. The van der Waals surface area contributed by atoms with Crippen LogP contribution in [-0.2, 0) is 0 Å². The van der Waals surface area contributed by atoms with Gasteiger partial charge in [-0.25, -0.2) is 4.79 Å². The third kappa shape index (κ3) is 3.88. The lowest BCUT2D eigenvalue weighted by Crippen LogP contribution is -2.10. The Balaban J connectivity index is 1.67. The van der Waals surface area contributed by atoms with E-state index in [1.165, 1.54) is 26.5 Å². The molecule has 0 bridgehead atoms. The molecular formula is C25H20O7. The van der Waals surface area contributed by atoms with Crippen LogP contribution < -0.4 is 24.4 Å². The lowest BCUT2D eigenvalue weighted by molar-refractivity contribution is 0.0731. The molecule has 7 heteroatoms. The molecule has 0 amide bonds. The molecule has 0 aliphatic heterocycles. The number of para-hydroxylation sites is 1. The average Bonchev–Trinajstić information content (AvgIpc) is 2.83. The highest BCUT2D eigenvalue weighted by atomic mass is 16.5. The smallest absolute Gasteiger partial charge is 0.347 e. The van der Waals surface area contributed by atoms with Gasteiger partial charge in [-0.15, -0.1) is 0 Å². The quantitative estimate of drug-likeness (QED) is 0.322. The van der Waals surface area contributed by atoms with Gasteiger partial charge in [-0.3, -0.25) is 4.79 Å². The minimum atomic E-state index is -0.578. The van der Waals surface area contributed by atoms with Crippen molar-refractivity contribution in [3.8, 4) is 34.1 Å². The second-order valence-corrected chi connectivity index (χ2v) is 6.80. The van der Waals surface area contributed by atoms with Crippen molar-refractivity contribution in [2.75, 3.05) is 21.3 Å². The molecule has 4 aromatic rings. The number of rotatable bonds is 6. The maximum Gasteiger partial charge on any atom is 0.347 e. The zero-order chi connectivity index (χ0) is 22.7. The molecule has 4 rings (SSSR count). The standard InChI is InChI=1S/C25H20O7/c1-28-20-7-5-4-6-18(20)25(27)32-16-9-10-17-22(13-16)31-14-19(24(17)26)15-8-11-21(29-2)23(12-15)30-3/h4-14H,1-3H3. The molecule has 7 nitrogen and oxygen atoms in total. The Morgan fingerprint density at radius 1 is 0.812 bits per heavy atom. The van der Waals surface area contributed by atoms with E-state index in [0.29, 0.717) is 44.9 Å². The molecule has 0 unspecified atom stereocenters. The number of ether oxygens (including phenoxy) is 4. The summed E-state index contributed by atoms with van der Waals surface area (Å²) in [6.45, 7) is 0. The van der Waals surface area contributed by atoms with Gasteiger partial charge < -0.3 is 23.4 Å². The van der Waals surface area contributed by atoms with Gasteiger partial charge in [0.05, 0.1) is 32.3 Å². The summed E-state index contributed by atoms with van der Waals surface area (Å²) in [7, 11) is 4.55. The molecule has 0 saturated carbocycles. The first-order chi connectivity index (χ1) is 15.5. The molecule has 0 fully saturated rings. The zero-order valence-corrected chi connectivity index (χ0v) is 17.7. The van der Waals surface area contributed by atoms with Crippen molar-refractivity contribution in [1.82, 2.24) is 0 Å². The van der Waals surface area contributed by atoms with E-state index < -0.39 is 5.97 Å². The van der Waals surface area contributed by atoms with Crippen LogP contribution in [0, 0.1) is 0 Å². The van der Waals surface area contributed by atoms with E-state index in [1.54, 1.807) is 61.7 Å². The van der Waals surface area contributed by atoms with Crippen LogP contribution in [0.1, 0.15) is 10.4 Å². The van der Waals surface area contributed by atoms with Crippen molar-refractivity contribution in [1.29, 1.82) is 0 Å². The Kier molecular flexibility index (Phi) is 5.81. The summed E-state index contributed by atoms with van der Waals surface area (Å²) in [6, 6.07) is 16.6. The number of benzene rings is 3. The Morgan fingerprint density at radius 3 is 2.31 bits per heavy atom. The van der Waals surface area contributed by atoms with Crippen LogP contribution in [0.5, 0.6) is 23.0 Å². The number of esters is 1. The highest BCUT2D eigenvalue weighted by Crippen LogP contribution is 2.32. The third-order valence-corrected chi connectivity index (χ3v) is 4.98. The Hall–Kier alpha value is -4.26. The topological polar surface area (TPSA) is 84.2 Å². The predicted molar refractivity (Wildman–Crippen MR) is 119 cm³/mol. The van der Waals surface area contributed by atoms with E-state index in [1.807, 2.05) is 0 Å². The van der Waals surface area contributed by atoms with Crippen LogP contribution in [0.4, 0.5) is 0 Å². The van der Waals surface area contributed by atoms with Crippen molar-refractivity contribution in [2.45, 2.75) is 0 Å². The van der Waals surface area contributed by atoms with Gasteiger partial charge in [0.1, 0.15) is 28.9 Å². The van der Waals surface area contributed by atoms with Gasteiger partial charge in [-0.05, 0) is 42.0 Å². The molecular weight excluding hydrogens is 412 g/mol. The zero-order valence-electron chi connectivity index (χ0n) is 17.7. The van der Waals surface area contributed by atoms with Crippen molar-refractivity contribution < 1.29 is 28.2 Å². The number of hydrogen-bond donors (Lipinski definition) is 0. The fraction of sp³-hybridized carbons (Fsp3) is 0.120. The second-order valence-electron chi connectivity index (χ2n) is 6.80. The van der Waals surface area contributed by atoms with Gasteiger partial charge in [0.25, 0.3) is 0 Å². The van der Waals surface area contributed by atoms with E-state index in [2.05, 4.69) is 0 Å². The number of hydrogen-bond acceptors (Lipinski definition) is 7. The van der Waals surface area contributed by atoms with Crippen LogP contribution >= 0.6 is 0 Å². The third-order valence-electron chi connectivity index (χ3n) is 4.98. The van der Waals surface area contributed by atoms with Gasteiger partial charge in [0.15, 0.2) is 16.9 Å². The van der Waals surface area contributed by atoms with E-state index in [-0.39, 0.29) is 11.2 Å². The fourth-order valence-corrected chi connectivity index (χ4v) is 3.35. The van der Waals surface area contributed by atoms with Gasteiger partial charge in [-0.2, -0.15) is 0 Å². The average molecular weight is 432 g/mol. The van der Waals surface area contributed by atoms with Crippen molar-refractivity contribution in [3.05, 3.63) is 82.7 Å².